The van der Waals surface area contributed by atoms with Crippen LogP contribution in [0.3, 0.4) is 0 Å². The molecule has 6 heteroatoms. The maximum atomic E-state index is 5.87. The van der Waals surface area contributed by atoms with Gasteiger partial charge in [0.2, 0.25) is 5.95 Å². The third-order valence-electron chi connectivity index (χ3n) is 2.95. The number of pyridine rings is 1. The van der Waals surface area contributed by atoms with Crippen molar-refractivity contribution in [2.75, 3.05) is 10.6 Å². The molecule has 0 spiro atoms. The zero-order valence-electron chi connectivity index (χ0n) is 11.7. The second-order valence-electron chi connectivity index (χ2n) is 4.61. The molecular formula is C16H14ClN5. The van der Waals surface area contributed by atoms with Crippen LogP contribution in [0.5, 0.6) is 0 Å². The van der Waals surface area contributed by atoms with Gasteiger partial charge in [-0.2, -0.15) is 4.98 Å². The summed E-state index contributed by atoms with van der Waals surface area (Å²) in [5.41, 5.74) is 1.99. The van der Waals surface area contributed by atoms with Crippen molar-refractivity contribution in [2.45, 2.75) is 6.54 Å². The first-order valence-corrected chi connectivity index (χ1v) is 7.16. The van der Waals surface area contributed by atoms with E-state index in [-0.39, 0.29) is 0 Å². The van der Waals surface area contributed by atoms with Crippen LogP contribution in [0.2, 0.25) is 5.02 Å². The number of benzene rings is 1. The van der Waals surface area contributed by atoms with Gasteiger partial charge in [-0.1, -0.05) is 17.7 Å². The maximum absolute atomic E-state index is 5.87. The maximum Gasteiger partial charge on any atom is 0.224 e. The molecule has 0 fully saturated rings. The second kappa shape index (κ2) is 6.87. The SMILES string of the molecule is Clc1ccc(Nc2ccnc(NCc3cccnc3)n2)cc1. The minimum Gasteiger partial charge on any atom is -0.350 e. The molecular weight excluding hydrogens is 298 g/mol. The first kappa shape index (κ1) is 14.3. The van der Waals surface area contributed by atoms with E-state index in [9.17, 15) is 0 Å². The minimum absolute atomic E-state index is 0.558. The standard InChI is InChI=1S/C16H14ClN5/c17-13-3-5-14(6-4-13)21-15-7-9-19-16(22-15)20-11-12-2-1-8-18-10-12/h1-10H,11H2,(H2,19,20,21,22). The molecule has 0 amide bonds. The molecule has 3 rings (SSSR count). The Hall–Kier alpha value is -2.66. The number of halogens is 1. The van der Waals surface area contributed by atoms with Gasteiger partial charge >= 0.3 is 0 Å². The zero-order valence-corrected chi connectivity index (χ0v) is 12.5. The predicted octanol–water partition coefficient (Wildman–Crippen LogP) is 3.88. The Morgan fingerprint density at radius 3 is 2.64 bits per heavy atom. The highest BCUT2D eigenvalue weighted by molar-refractivity contribution is 6.30. The third-order valence-corrected chi connectivity index (χ3v) is 3.20. The Labute approximate surface area is 133 Å². The van der Waals surface area contributed by atoms with Gasteiger partial charge < -0.3 is 10.6 Å². The molecule has 0 saturated heterocycles. The van der Waals surface area contributed by atoms with Crippen molar-refractivity contribution in [3.05, 3.63) is 71.6 Å². The number of nitrogens with zero attached hydrogens (tertiary/aromatic N) is 3. The van der Waals surface area contributed by atoms with Crippen LogP contribution in [0.15, 0.2) is 61.1 Å². The molecule has 0 aliphatic carbocycles. The lowest BCUT2D eigenvalue weighted by Gasteiger charge is -2.08. The summed E-state index contributed by atoms with van der Waals surface area (Å²) in [6.07, 6.45) is 5.26. The molecule has 110 valence electrons. The smallest absolute Gasteiger partial charge is 0.224 e. The minimum atomic E-state index is 0.558. The van der Waals surface area contributed by atoms with Crippen LogP contribution in [-0.4, -0.2) is 15.0 Å². The van der Waals surface area contributed by atoms with Crippen LogP contribution >= 0.6 is 11.6 Å². The Morgan fingerprint density at radius 1 is 1.00 bits per heavy atom. The summed E-state index contributed by atoms with van der Waals surface area (Å²) in [5, 5.41) is 7.08. The Bertz CT molecular complexity index is 731. The molecule has 3 aromatic rings. The number of hydrogen-bond acceptors (Lipinski definition) is 5. The summed E-state index contributed by atoms with van der Waals surface area (Å²) >= 11 is 5.87. The number of anilines is 3. The van der Waals surface area contributed by atoms with E-state index < -0.39 is 0 Å². The van der Waals surface area contributed by atoms with Crippen molar-refractivity contribution in [1.29, 1.82) is 0 Å². The molecule has 0 saturated carbocycles. The first-order chi connectivity index (χ1) is 10.8. The van der Waals surface area contributed by atoms with E-state index in [1.165, 1.54) is 0 Å². The number of hydrogen-bond donors (Lipinski definition) is 2. The molecule has 2 N–H and O–H groups in total. The lowest BCUT2D eigenvalue weighted by molar-refractivity contribution is 1.04. The highest BCUT2D eigenvalue weighted by Crippen LogP contribution is 2.18. The van der Waals surface area contributed by atoms with Crippen molar-refractivity contribution >= 4 is 29.1 Å². The molecule has 2 aromatic heterocycles. The molecule has 0 aliphatic heterocycles. The van der Waals surface area contributed by atoms with Gasteiger partial charge in [0.25, 0.3) is 0 Å². The summed E-state index contributed by atoms with van der Waals surface area (Å²) in [6, 6.07) is 13.1. The molecule has 2 heterocycles. The van der Waals surface area contributed by atoms with Crippen LogP contribution in [-0.2, 0) is 6.54 Å². The fourth-order valence-electron chi connectivity index (χ4n) is 1.88. The summed E-state index contributed by atoms with van der Waals surface area (Å²) < 4.78 is 0. The second-order valence-corrected chi connectivity index (χ2v) is 5.05. The zero-order chi connectivity index (χ0) is 15.2. The normalized spacial score (nSPS) is 10.2. The quantitative estimate of drug-likeness (QED) is 0.748. The van der Waals surface area contributed by atoms with Crippen molar-refractivity contribution in [3.8, 4) is 0 Å². The molecule has 1 aromatic carbocycles. The monoisotopic (exact) mass is 311 g/mol. The van der Waals surface area contributed by atoms with E-state index in [2.05, 4.69) is 25.6 Å². The van der Waals surface area contributed by atoms with E-state index >= 15 is 0 Å². The summed E-state index contributed by atoms with van der Waals surface area (Å²) in [4.78, 5) is 12.7. The van der Waals surface area contributed by atoms with Gasteiger partial charge in [0, 0.05) is 35.8 Å². The predicted molar refractivity (Wildman–Crippen MR) is 88.3 cm³/mol. The third kappa shape index (κ3) is 3.93. The number of aromatic nitrogens is 3. The van der Waals surface area contributed by atoms with Crippen molar-refractivity contribution < 1.29 is 0 Å². The lowest BCUT2D eigenvalue weighted by Crippen LogP contribution is -2.05. The summed E-state index contributed by atoms with van der Waals surface area (Å²) in [5.74, 6) is 1.27. The van der Waals surface area contributed by atoms with Gasteiger partial charge in [-0.25, -0.2) is 4.98 Å². The highest BCUT2D eigenvalue weighted by Gasteiger charge is 2.00. The van der Waals surface area contributed by atoms with Crippen LogP contribution in [0.1, 0.15) is 5.56 Å². The number of nitrogens with one attached hydrogen (secondary N) is 2. The van der Waals surface area contributed by atoms with Crippen LogP contribution in [0.25, 0.3) is 0 Å². The van der Waals surface area contributed by atoms with Crippen molar-refractivity contribution in [1.82, 2.24) is 15.0 Å². The number of rotatable bonds is 5. The molecule has 5 nitrogen and oxygen atoms in total. The Balaban J connectivity index is 1.66. The van der Waals surface area contributed by atoms with Gasteiger partial charge in [-0.05, 0) is 42.0 Å². The van der Waals surface area contributed by atoms with Crippen LogP contribution in [0.4, 0.5) is 17.5 Å². The molecule has 0 bridgehead atoms. The highest BCUT2D eigenvalue weighted by atomic mass is 35.5. The van der Waals surface area contributed by atoms with Gasteiger partial charge in [0.15, 0.2) is 0 Å². The first-order valence-electron chi connectivity index (χ1n) is 6.78. The van der Waals surface area contributed by atoms with Gasteiger partial charge in [0.05, 0.1) is 0 Å². The van der Waals surface area contributed by atoms with E-state index in [0.717, 1.165) is 11.3 Å². The van der Waals surface area contributed by atoms with Gasteiger partial charge in [-0.15, -0.1) is 0 Å². The van der Waals surface area contributed by atoms with E-state index in [0.29, 0.717) is 23.3 Å². The largest absolute Gasteiger partial charge is 0.350 e. The molecule has 0 unspecified atom stereocenters. The molecule has 0 aliphatic rings. The fraction of sp³-hybridized carbons (Fsp3) is 0.0625. The van der Waals surface area contributed by atoms with Gasteiger partial charge in [0.1, 0.15) is 5.82 Å². The van der Waals surface area contributed by atoms with Crippen molar-refractivity contribution in [2.24, 2.45) is 0 Å². The Kier molecular flexibility index (Phi) is 4.46. The summed E-state index contributed by atoms with van der Waals surface area (Å²) in [6.45, 7) is 0.623. The summed E-state index contributed by atoms with van der Waals surface area (Å²) in [7, 11) is 0. The van der Waals surface area contributed by atoms with Crippen LogP contribution < -0.4 is 10.6 Å². The van der Waals surface area contributed by atoms with Gasteiger partial charge in [-0.3, -0.25) is 4.98 Å². The molecule has 0 atom stereocenters. The van der Waals surface area contributed by atoms with E-state index in [1.807, 2.05) is 48.7 Å². The molecule has 22 heavy (non-hydrogen) atoms. The Morgan fingerprint density at radius 2 is 1.86 bits per heavy atom. The lowest BCUT2D eigenvalue weighted by atomic mass is 10.3. The van der Waals surface area contributed by atoms with E-state index in [4.69, 9.17) is 11.6 Å². The van der Waals surface area contributed by atoms with Crippen LogP contribution in [0, 0.1) is 0 Å². The van der Waals surface area contributed by atoms with Crippen molar-refractivity contribution in [3.63, 3.8) is 0 Å². The van der Waals surface area contributed by atoms with E-state index in [1.54, 1.807) is 12.4 Å². The molecule has 0 radical (unpaired) electrons. The average Bonchev–Trinajstić information content (AvgIpc) is 2.57. The average molecular weight is 312 g/mol. The topological polar surface area (TPSA) is 62.7 Å². The fourth-order valence-corrected chi connectivity index (χ4v) is 2.00.